The van der Waals surface area contributed by atoms with E-state index in [1.807, 2.05) is 12.1 Å². The highest BCUT2D eigenvalue weighted by molar-refractivity contribution is 5.18. The molecule has 1 rings (SSSR count). The fourth-order valence-electron chi connectivity index (χ4n) is 2.08. The van der Waals surface area contributed by atoms with E-state index in [4.69, 9.17) is 4.74 Å². The molecule has 1 heterocycles. The number of nitrogens with zero attached hydrogens (tertiary/aromatic N) is 2. The van der Waals surface area contributed by atoms with Crippen LogP contribution in [0.25, 0.3) is 0 Å². The number of aryl methyl sites for hydroxylation is 1. The van der Waals surface area contributed by atoms with Gasteiger partial charge in [0.1, 0.15) is 13.2 Å². The summed E-state index contributed by atoms with van der Waals surface area (Å²) in [6.07, 6.45) is 1.80. The van der Waals surface area contributed by atoms with E-state index in [-0.39, 0.29) is 0 Å². The summed E-state index contributed by atoms with van der Waals surface area (Å²) in [6, 6.07) is 3.97. The van der Waals surface area contributed by atoms with Crippen LogP contribution in [0.4, 0.5) is 0 Å². The minimum Gasteiger partial charge on any atom is -0.472 e. The number of hydrogen-bond donors (Lipinski definition) is 0. The molecule has 0 aromatic carbocycles. The lowest BCUT2D eigenvalue weighted by atomic mass is 10.3. The molecule has 1 aromatic rings. The summed E-state index contributed by atoms with van der Waals surface area (Å²) >= 11 is 0. The van der Waals surface area contributed by atoms with Crippen molar-refractivity contribution >= 4 is 0 Å². The van der Waals surface area contributed by atoms with Gasteiger partial charge in [-0.2, -0.15) is 0 Å². The van der Waals surface area contributed by atoms with E-state index in [9.17, 15) is 0 Å². The van der Waals surface area contributed by atoms with Gasteiger partial charge in [-0.05, 0) is 39.3 Å². The van der Waals surface area contributed by atoms with Crippen molar-refractivity contribution in [3.8, 4) is 5.88 Å². The van der Waals surface area contributed by atoms with Crippen molar-refractivity contribution in [2.75, 3.05) is 32.8 Å². The van der Waals surface area contributed by atoms with E-state index < -0.39 is 0 Å². The van der Waals surface area contributed by atoms with Gasteiger partial charge in [-0.15, -0.1) is 0 Å². The first-order valence-electron chi connectivity index (χ1n) is 6.56. The summed E-state index contributed by atoms with van der Waals surface area (Å²) in [5, 5.41) is 0. The highest BCUT2D eigenvalue weighted by Crippen LogP contribution is 2.10. The summed E-state index contributed by atoms with van der Waals surface area (Å²) in [5.74, 6) is 0.742. The smallest absolute Gasteiger partial charge is 0.213 e. The zero-order valence-corrected chi connectivity index (χ0v) is 11.6. The molecule has 0 fully saturated rings. The number of aromatic nitrogens is 1. The number of ether oxygens (including phenoxy) is 1. The predicted octanol–water partition coefficient (Wildman–Crippen LogP) is 2.65. The lowest BCUT2D eigenvalue weighted by molar-refractivity contribution is -0.923. The summed E-state index contributed by atoms with van der Waals surface area (Å²) < 4.78 is 6.84. The summed E-state index contributed by atoms with van der Waals surface area (Å²) in [5.41, 5.74) is 1.19. The Morgan fingerprint density at radius 3 is 2.35 bits per heavy atom. The average molecular weight is 237 g/mol. The van der Waals surface area contributed by atoms with Gasteiger partial charge in [0.25, 0.3) is 0 Å². The van der Waals surface area contributed by atoms with E-state index in [0.29, 0.717) is 0 Å². The first kappa shape index (κ1) is 14.0. The second-order valence-electron chi connectivity index (χ2n) is 4.53. The second kappa shape index (κ2) is 6.60. The molecule has 0 unspecified atom stereocenters. The van der Waals surface area contributed by atoms with Crippen LogP contribution in [0, 0.1) is 6.92 Å². The van der Waals surface area contributed by atoms with Gasteiger partial charge >= 0.3 is 0 Å². The Morgan fingerprint density at radius 2 is 1.82 bits per heavy atom. The molecule has 3 heteroatoms. The Balaban J connectivity index is 2.46. The third-order valence-electron chi connectivity index (χ3n) is 3.72. The first-order valence-corrected chi connectivity index (χ1v) is 6.56. The van der Waals surface area contributed by atoms with E-state index in [0.717, 1.165) is 43.1 Å². The zero-order valence-electron chi connectivity index (χ0n) is 11.6. The van der Waals surface area contributed by atoms with Crippen LogP contribution < -0.4 is 4.74 Å². The molecule has 0 spiro atoms. The Morgan fingerprint density at radius 1 is 1.18 bits per heavy atom. The molecule has 0 aliphatic heterocycles. The molecular formula is C14H25N2O+. The van der Waals surface area contributed by atoms with Crippen LogP contribution in [-0.2, 0) is 0 Å². The molecule has 0 aliphatic carbocycles. The van der Waals surface area contributed by atoms with Gasteiger partial charge in [-0.1, -0.05) is 0 Å². The van der Waals surface area contributed by atoms with Crippen molar-refractivity contribution in [2.45, 2.75) is 27.7 Å². The van der Waals surface area contributed by atoms with Crippen LogP contribution in [0.15, 0.2) is 18.3 Å². The first-order chi connectivity index (χ1) is 8.15. The topological polar surface area (TPSA) is 22.1 Å². The standard InChI is InChI=1S/C14H25N2O/c1-5-16(6-2,7-3)10-11-17-14-12-13(4)8-9-15-14/h8-9,12H,5-7,10-11H2,1-4H3/q+1. The Labute approximate surface area is 105 Å². The maximum Gasteiger partial charge on any atom is 0.213 e. The molecule has 0 saturated heterocycles. The van der Waals surface area contributed by atoms with E-state index >= 15 is 0 Å². The number of quaternary nitrogens is 1. The monoisotopic (exact) mass is 237 g/mol. The van der Waals surface area contributed by atoms with Gasteiger partial charge in [0.05, 0.1) is 19.6 Å². The van der Waals surface area contributed by atoms with E-state index in [2.05, 4.69) is 32.7 Å². The van der Waals surface area contributed by atoms with Crippen molar-refractivity contribution in [3.63, 3.8) is 0 Å². The number of likely N-dealkylation sites (N-methyl/N-ethyl adjacent to an activating group) is 1. The molecule has 96 valence electrons. The number of pyridine rings is 1. The maximum absolute atomic E-state index is 5.72. The molecule has 0 saturated carbocycles. The second-order valence-corrected chi connectivity index (χ2v) is 4.53. The van der Waals surface area contributed by atoms with Crippen LogP contribution in [-0.4, -0.2) is 42.3 Å². The maximum atomic E-state index is 5.72. The summed E-state index contributed by atoms with van der Waals surface area (Å²) in [4.78, 5) is 4.21. The predicted molar refractivity (Wildman–Crippen MR) is 71.2 cm³/mol. The largest absolute Gasteiger partial charge is 0.472 e. The molecule has 0 radical (unpaired) electrons. The quantitative estimate of drug-likeness (QED) is 0.680. The normalized spacial score (nSPS) is 11.5. The summed E-state index contributed by atoms with van der Waals surface area (Å²) in [7, 11) is 0. The molecule has 1 aromatic heterocycles. The van der Waals surface area contributed by atoms with Crippen molar-refractivity contribution in [1.82, 2.24) is 4.98 Å². The SMILES string of the molecule is CC[N+](CC)(CC)CCOc1cc(C)ccn1. The van der Waals surface area contributed by atoms with Gasteiger partial charge in [0, 0.05) is 12.3 Å². The zero-order chi connectivity index (χ0) is 12.7. The van der Waals surface area contributed by atoms with Gasteiger partial charge in [-0.3, -0.25) is 0 Å². The third-order valence-corrected chi connectivity index (χ3v) is 3.72. The summed E-state index contributed by atoms with van der Waals surface area (Å²) in [6.45, 7) is 14.1. The van der Waals surface area contributed by atoms with E-state index in [1.165, 1.54) is 5.56 Å². The lowest BCUT2D eigenvalue weighted by Crippen LogP contribution is -2.49. The Kier molecular flexibility index (Phi) is 5.42. The van der Waals surface area contributed by atoms with Crippen molar-refractivity contribution in [1.29, 1.82) is 0 Å². The molecule has 3 nitrogen and oxygen atoms in total. The van der Waals surface area contributed by atoms with Crippen molar-refractivity contribution in [2.24, 2.45) is 0 Å². The number of hydrogen-bond acceptors (Lipinski definition) is 2. The van der Waals surface area contributed by atoms with Crippen LogP contribution in [0.3, 0.4) is 0 Å². The van der Waals surface area contributed by atoms with Crippen LogP contribution in [0.1, 0.15) is 26.3 Å². The molecular weight excluding hydrogens is 212 g/mol. The van der Waals surface area contributed by atoms with Crippen molar-refractivity contribution < 1.29 is 9.22 Å². The molecule has 0 atom stereocenters. The van der Waals surface area contributed by atoms with Gasteiger partial charge in [-0.25, -0.2) is 4.98 Å². The number of rotatable bonds is 7. The van der Waals surface area contributed by atoms with Crippen LogP contribution in [0.5, 0.6) is 5.88 Å². The fourth-order valence-corrected chi connectivity index (χ4v) is 2.08. The highest BCUT2D eigenvalue weighted by atomic mass is 16.5. The van der Waals surface area contributed by atoms with E-state index in [1.54, 1.807) is 6.20 Å². The van der Waals surface area contributed by atoms with Gasteiger partial charge < -0.3 is 9.22 Å². The van der Waals surface area contributed by atoms with Crippen LogP contribution >= 0.6 is 0 Å². The molecule has 0 bridgehead atoms. The average Bonchev–Trinajstić information content (AvgIpc) is 2.35. The molecule has 0 aliphatic rings. The molecule has 17 heavy (non-hydrogen) atoms. The Hall–Kier alpha value is -1.09. The lowest BCUT2D eigenvalue weighted by Gasteiger charge is -2.35. The van der Waals surface area contributed by atoms with Gasteiger partial charge in [0.2, 0.25) is 5.88 Å². The third kappa shape index (κ3) is 4.00. The minimum absolute atomic E-state index is 0.742. The molecule has 0 N–H and O–H groups in total. The van der Waals surface area contributed by atoms with Crippen molar-refractivity contribution in [3.05, 3.63) is 23.9 Å². The Bertz CT molecular complexity index is 326. The van der Waals surface area contributed by atoms with Crippen LogP contribution in [0.2, 0.25) is 0 Å². The fraction of sp³-hybridized carbons (Fsp3) is 0.643. The highest BCUT2D eigenvalue weighted by Gasteiger charge is 2.20. The minimum atomic E-state index is 0.742. The van der Waals surface area contributed by atoms with Gasteiger partial charge in [0.15, 0.2) is 0 Å². The molecule has 0 amide bonds.